The third-order valence-electron chi connectivity index (χ3n) is 2.89. The minimum Gasteiger partial charge on any atom is -0.478 e. The van der Waals surface area contributed by atoms with Crippen LogP contribution in [-0.4, -0.2) is 16.1 Å². The number of nitrogens with one attached hydrogen (secondary N) is 1. The number of carboxylic acid groups (broad SMARTS) is 1. The van der Waals surface area contributed by atoms with E-state index in [1.54, 1.807) is 24.5 Å². The van der Waals surface area contributed by atoms with Crippen molar-refractivity contribution in [1.29, 1.82) is 0 Å². The Morgan fingerprint density at radius 1 is 1.37 bits per heavy atom. The molecule has 2 aromatic rings. The number of nitrogen functional groups attached to an aromatic ring is 1. The van der Waals surface area contributed by atoms with Crippen molar-refractivity contribution in [3.05, 3.63) is 53.9 Å². The van der Waals surface area contributed by atoms with Crippen LogP contribution in [0.1, 0.15) is 28.9 Å². The third kappa shape index (κ3) is 2.82. The second-order valence-electron chi connectivity index (χ2n) is 4.22. The van der Waals surface area contributed by atoms with Crippen LogP contribution in [0.3, 0.4) is 0 Å². The summed E-state index contributed by atoms with van der Waals surface area (Å²) < 4.78 is 0. The molecule has 0 aliphatic rings. The normalized spacial score (nSPS) is 11.8. The molecule has 2 rings (SSSR count). The Morgan fingerprint density at radius 2 is 2.16 bits per heavy atom. The van der Waals surface area contributed by atoms with Gasteiger partial charge in [0, 0.05) is 12.4 Å². The Hall–Kier alpha value is -2.56. The van der Waals surface area contributed by atoms with Crippen LogP contribution in [0.5, 0.6) is 0 Å². The molecular formula is C14H15N3O2. The zero-order chi connectivity index (χ0) is 13.8. The summed E-state index contributed by atoms with van der Waals surface area (Å²) in [7, 11) is 0. The van der Waals surface area contributed by atoms with Crippen molar-refractivity contribution in [3.63, 3.8) is 0 Å². The maximum absolute atomic E-state index is 11.0. The fraction of sp³-hybridized carbons (Fsp3) is 0.143. The Bertz CT molecular complexity index is 584. The van der Waals surface area contributed by atoms with Gasteiger partial charge in [0.25, 0.3) is 0 Å². The average Bonchev–Trinajstić information content (AvgIpc) is 2.41. The number of benzene rings is 1. The molecule has 0 bridgehead atoms. The molecule has 0 aliphatic carbocycles. The van der Waals surface area contributed by atoms with Crippen LogP contribution >= 0.6 is 0 Å². The molecule has 0 saturated heterocycles. The van der Waals surface area contributed by atoms with E-state index in [0.29, 0.717) is 5.69 Å². The van der Waals surface area contributed by atoms with Crippen LogP contribution < -0.4 is 11.1 Å². The first-order valence-electron chi connectivity index (χ1n) is 5.88. The van der Waals surface area contributed by atoms with Gasteiger partial charge < -0.3 is 16.2 Å². The Morgan fingerprint density at radius 3 is 2.79 bits per heavy atom. The molecule has 0 saturated carbocycles. The van der Waals surface area contributed by atoms with E-state index in [9.17, 15) is 4.79 Å². The summed E-state index contributed by atoms with van der Waals surface area (Å²) in [5.74, 6) is -1.03. The molecule has 19 heavy (non-hydrogen) atoms. The molecule has 1 unspecified atom stereocenters. The molecule has 5 heteroatoms. The molecule has 1 atom stereocenters. The van der Waals surface area contributed by atoms with Crippen molar-refractivity contribution in [2.24, 2.45) is 0 Å². The van der Waals surface area contributed by atoms with E-state index >= 15 is 0 Å². The molecule has 0 amide bonds. The molecule has 4 N–H and O–H groups in total. The number of carboxylic acids is 1. The number of para-hydroxylation sites is 1. The lowest BCUT2D eigenvalue weighted by Crippen LogP contribution is -2.11. The number of nitrogens with zero attached hydrogens (tertiary/aromatic N) is 1. The smallest absolute Gasteiger partial charge is 0.337 e. The Labute approximate surface area is 111 Å². The lowest BCUT2D eigenvalue weighted by molar-refractivity contribution is 0.0698. The number of hydrogen-bond donors (Lipinski definition) is 3. The van der Waals surface area contributed by atoms with Crippen molar-refractivity contribution in [2.75, 3.05) is 11.1 Å². The molecule has 98 valence electrons. The predicted octanol–water partition coefficient (Wildman–Crippen LogP) is 2.54. The summed E-state index contributed by atoms with van der Waals surface area (Å²) >= 11 is 0. The van der Waals surface area contributed by atoms with Crippen LogP contribution in [-0.2, 0) is 0 Å². The van der Waals surface area contributed by atoms with Crippen LogP contribution in [0.2, 0.25) is 0 Å². The maximum Gasteiger partial charge on any atom is 0.337 e. The van der Waals surface area contributed by atoms with Gasteiger partial charge in [-0.25, -0.2) is 4.79 Å². The van der Waals surface area contributed by atoms with E-state index in [1.807, 2.05) is 19.1 Å². The second-order valence-corrected chi connectivity index (χ2v) is 4.22. The van der Waals surface area contributed by atoms with E-state index in [2.05, 4.69) is 10.3 Å². The van der Waals surface area contributed by atoms with E-state index in [-0.39, 0.29) is 17.3 Å². The molecule has 1 aromatic heterocycles. The molecule has 0 aliphatic heterocycles. The van der Waals surface area contributed by atoms with Crippen molar-refractivity contribution in [3.8, 4) is 0 Å². The zero-order valence-corrected chi connectivity index (χ0v) is 10.5. The van der Waals surface area contributed by atoms with Gasteiger partial charge in [-0.15, -0.1) is 0 Å². The first kappa shape index (κ1) is 12.9. The van der Waals surface area contributed by atoms with Crippen molar-refractivity contribution in [1.82, 2.24) is 4.98 Å². The Kier molecular flexibility index (Phi) is 3.66. The number of carbonyl (C=O) groups is 1. The molecule has 1 aromatic carbocycles. The highest BCUT2D eigenvalue weighted by atomic mass is 16.4. The van der Waals surface area contributed by atoms with Gasteiger partial charge in [0.2, 0.25) is 0 Å². The van der Waals surface area contributed by atoms with Gasteiger partial charge in [-0.1, -0.05) is 12.1 Å². The number of hydrogen-bond acceptors (Lipinski definition) is 4. The van der Waals surface area contributed by atoms with Crippen LogP contribution in [0.4, 0.5) is 11.4 Å². The standard InChI is InChI=1S/C14H15N3O2/c1-9(10-4-3-7-16-8-10)17-12-6-2-5-11(13(12)15)14(18)19/h2-9,17H,15H2,1H3,(H,18,19). The molecule has 0 fully saturated rings. The van der Waals surface area contributed by atoms with Gasteiger partial charge in [0.05, 0.1) is 23.0 Å². The first-order valence-corrected chi connectivity index (χ1v) is 5.88. The number of rotatable bonds is 4. The highest BCUT2D eigenvalue weighted by Crippen LogP contribution is 2.26. The quantitative estimate of drug-likeness (QED) is 0.732. The fourth-order valence-corrected chi connectivity index (χ4v) is 1.83. The number of pyridine rings is 1. The number of aromatic nitrogens is 1. The summed E-state index contributed by atoms with van der Waals surface area (Å²) in [5, 5.41) is 12.2. The predicted molar refractivity (Wildman–Crippen MR) is 74.1 cm³/mol. The van der Waals surface area contributed by atoms with Crippen molar-refractivity contribution in [2.45, 2.75) is 13.0 Å². The number of nitrogens with two attached hydrogens (primary N) is 1. The fourth-order valence-electron chi connectivity index (χ4n) is 1.83. The second kappa shape index (κ2) is 5.39. The first-order chi connectivity index (χ1) is 9.09. The zero-order valence-electron chi connectivity index (χ0n) is 10.5. The molecule has 0 spiro atoms. The minimum atomic E-state index is -1.03. The van der Waals surface area contributed by atoms with Gasteiger partial charge in [-0.2, -0.15) is 0 Å². The number of aromatic carboxylic acids is 1. The van der Waals surface area contributed by atoms with Crippen molar-refractivity contribution < 1.29 is 9.90 Å². The lowest BCUT2D eigenvalue weighted by atomic mass is 10.1. The summed E-state index contributed by atoms with van der Waals surface area (Å²) in [5.41, 5.74) is 7.80. The summed E-state index contributed by atoms with van der Waals surface area (Å²) in [6.07, 6.45) is 3.46. The summed E-state index contributed by atoms with van der Waals surface area (Å²) in [6.45, 7) is 1.96. The summed E-state index contributed by atoms with van der Waals surface area (Å²) in [4.78, 5) is 15.1. The monoisotopic (exact) mass is 257 g/mol. The topological polar surface area (TPSA) is 88.2 Å². The third-order valence-corrected chi connectivity index (χ3v) is 2.89. The average molecular weight is 257 g/mol. The maximum atomic E-state index is 11.0. The van der Waals surface area contributed by atoms with Gasteiger partial charge >= 0.3 is 5.97 Å². The number of anilines is 2. The minimum absolute atomic E-state index is 0.0138. The largest absolute Gasteiger partial charge is 0.478 e. The van der Waals surface area contributed by atoms with Crippen LogP contribution in [0, 0.1) is 0 Å². The molecule has 0 radical (unpaired) electrons. The van der Waals surface area contributed by atoms with E-state index in [4.69, 9.17) is 10.8 Å². The van der Waals surface area contributed by atoms with Gasteiger partial charge in [0.15, 0.2) is 0 Å². The van der Waals surface area contributed by atoms with Gasteiger partial charge in [-0.05, 0) is 30.7 Å². The lowest BCUT2D eigenvalue weighted by Gasteiger charge is -2.17. The molecule has 5 nitrogen and oxygen atoms in total. The van der Waals surface area contributed by atoms with Crippen LogP contribution in [0.25, 0.3) is 0 Å². The SMILES string of the molecule is CC(Nc1cccc(C(=O)O)c1N)c1cccnc1. The van der Waals surface area contributed by atoms with E-state index in [0.717, 1.165) is 5.56 Å². The molecular weight excluding hydrogens is 242 g/mol. The van der Waals surface area contributed by atoms with Gasteiger partial charge in [0.1, 0.15) is 0 Å². The highest BCUT2D eigenvalue weighted by Gasteiger charge is 2.13. The van der Waals surface area contributed by atoms with Crippen molar-refractivity contribution >= 4 is 17.3 Å². The highest BCUT2D eigenvalue weighted by molar-refractivity contribution is 5.97. The Balaban J connectivity index is 2.25. The molecule has 1 heterocycles. The van der Waals surface area contributed by atoms with Gasteiger partial charge in [-0.3, -0.25) is 4.98 Å². The van der Waals surface area contributed by atoms with E-state index in [1.165, 1.54) is 6.07 Å². The summed E-state index contributed by atoms with van der Waals surface area (Å²) in [6, 6.07) is 8.69. The van der Waals surface area contributed by atoms with Crippen LogP contribution in [0.15, 0.2) is 42.7 Å². The van der Waals surface area contributed by atoms with E-state index < -0.39 is 5.97 Å².